The first-order chi connectivity index (χ1) is 8.29. The number of anilines is 1. The number of benzene rings is 1. The Labute approximate surface area is 102 Å². The highest BCUT2D eigenvalue weighted by Gasteiger charge is 2.10. The van der Waals surface area contributed by atoms with Gasteiger partial charge in [-0.15, -0.1) is 0 Å². The molecule has 3 heteroatoms. The smallest absolute Gasteiger partial charge is 0.224 e. The lowest BCUT2D eigenvalue weighted by atomic mass is 9.91. The minimum absolute atomic E-state index is 0.0613. The summed E-state index contributed by atoms with van der Waals surface area (Å²) in [5.74, 6) is 0.0613. The molecule has 0 aliphatic heterocycles. The molecule has 1 aliphatic rings. The Bertz CT molecular complexity index is 401. The maximum absolute atomic E-state index is 11.6. The molecule has 0 radical (unpaired) electrons. The number of fused-ring (bicyclic) bond motifs is 1. The minimum Gasteiger partial charge on any atom is -0.330 e. The quantitative estimate of drug-likeness (QED) is 0.836. The second-order valence-corrected chi connectivity index (χ2v) is 4.63. The van der Waals surface area contributed by atoms with Crippen LogP contribution in [0.2, 0.25) is 0 Å². The van der Waals surface area contributed by atoms with Gasteiger partial charge in [0.25, 0.3) is 0 Å². The Morgan fingerprint density at radius 1 is 1.24 bits per heavy atom. The number of rotatable bonds is 4. The van der Waals surface area contributed by atoms with Gasteiger partial charge in [-0.25, -0.2) is 0 Å². The van der Waals surface area contributed by atoms with Crippen LogP contribution in [0, 0.1) is 0 Å². The molecular weight excluding hydrogens is 212 g/mol. The molecule has 92 valence electrons. The van der Waals surface area contributed by atoms with Crippen molar-refractivity contribution in [3.8, 4) is 0 Å². The third-order valence-electron chi connectivity index (χ3n) is 3.24. The van der Waals surface area contributed by atoms with Gasteiger partial charge in [-0.05, 0) is 61.9 Å². The molecule has 1 amide bonds. The highest BCUT2D eigenvalue weighted by molar-refractivity contribution is 5.90. The Balaban J connectivity index is 1.99. The molecule has 1 aliphatic carbocycles. The molecule has 2 rings (SSSR count). The summed E-state index contributed by atoms with van der Waals surface area (Å²) < 4.78 is 0. The summed E-state index contributed by atoms with van der Waals surface area (Å²) in [7, 11) is 0. The number of nitrogens with two attached hydrogens (primary N) is 1. The summed E-state index contributed by atoms with van der Waals surface area (Å²) in [6, 6.07) is 6.27. The van der Waals surface area contributed by atoms with E-state index in [9.17, 15) is 4.79 Å². The molecule has 1 aromatic carbocycles. The van der Waals surface area contributed by atoms with E-state index in [1.54, 1.807) is 0 Å². The van der Waals surface area contributed by atoms with Gasteiger partial charge in [-0.2, -0.15) is 0 Å². The van der Waals surface area contributed by atoms with Crippen LogP contribution in [0.25, 0.3) is 0 Å². The van der Waals surface area contributed by atoms with E-state index in [1.807, 2.05) is 6.07 Å². The molecule has 3 N–H and O–H groups in total. The summed E-state index contributed by atoms with van der Waals surface area (Å²) >= 11 is 0. The fourth-order valence-corrected chi connectivity index (χ4v) is 2.30. The third-order valence-corrected chi connectivity index (χ3v) is 3.24. The molecule has 0 unspecified atom stereocenters. The van der Waals surface area contributed by atoms with Crippen LogP contribution < -0.4 is 11.1 Å². The Kier molecular flexibility index (Phi) is 4.15. The Morgan fingerprint density at radius 3 is 2.76 bits per heavy atom. The predicted molar refractivity (Wildman–Crippen MR) is 70.0 cm³/mol. The molecule has 0 heterocycles. The van der Waals surface area contributed by atoms with E-state index in [0.29, 0.717) is 13.0 Å². The molecule has 3 nitrogen and oxygen atoms in total. The van der Waals surface area contributed by atoms with Crippen molar-refractivity contribution in [2.75, 3.05) is 11.9 Å². The largest absolute Gasteiger partial charge is 0.330 e. The molecule has 0 fully saturated rings. The van der Waals surface area contributed by atoms with Crippen molar-refractivity contribution in [2.24, 2.45) is 5.73 Å². The van der Waals surface area contributed by atoms with Crippen LogP contribution in [0.3, 0.4) is 0 Å². The second-order valence-electron chi connectivity index (χ2n) is 4.63. The highest BCUT2D eigenvalue weighted by Crippen LogP contribution is 2.24. The molecule has 0 bridgehead atoms. The van der Waals surface area contributed by atoms with Crippen LogP contribution in [0.5, 0.6) is 0 Å². The first-order valence-corrected chi connectivity index (χ1v) is 6.41. The fraction of sp³-hybridized carbons (Fsp3) is 0.500. The molecule has 0 atom stereocenters. The normalized spacial score (nSPS) is 14.2. The number of nitrogens with one attached hydrogen (secondary N) is 1. The van der Waals surface area contributed by atoms with Gasteiger partial charge in [-0.1, -0.05) is 6.07 Å². The van der Waals surface area contributed by atoms with Gasteiger partial charge < -0.3 is 11.1 Å². The molecule has 0 saturated heterocycles. The zero-order valence-electron chi connectivity index (χ0n) is 10.2. The SMILES string of the molecule is NCCCC(=O)Nc1ccc2c(c1)CCCC2. The van der Waals surface area contributed by atoms with Crippen LogP contribution in [-0.4, -0.2) is 12.5 Å². The third kappa shape index (κ3) is 3.30. The van der Waals surface area contributed by atoms with Gasteiger partial charge >= 0.3 is 0 Å². The average molecular weight is 232 g/mol. The number of amides is 1. The predicted octanol–water partition coefficient (Wildman–Crippen LogP) is 2.24. The first kappa shape index (κ1) is 12.1. The van der Waals surface area contributed by atoms with E-state index in [4.69, 9.17) is 5.73 Å². The number of hydrogen-bond donors (Lipinski definition) is 2. The lowest BCUT2D eigenvalue weighted by Crippen LogP contribution is -2.14. The van der Waals surface area contributed by atoms with Gasteiger partial charge in [0, 0.05) is 12.1 Å². The lowest BCUT2D eigenvalue weighted by molar-refractivity contribution is -0.116. The topological polar surface area (TPSA) is 55.1 Å². The molecule has 0 aromatic heterocycles. The number of carbonyl (C=O) groups excluding carboxylic acids is 1. The zero-order valence-corrected chi connectivity index (χ0v) is 10.2. The minimum atomic E-state index is 0.0613. The van der Waals surface area contributed by atoms with E-state index in [1.165, 1.54) is 30.4 Å². The first-order valence-electron chi connectivity index (χ1n) is 6.41. The number of aryl methyl sites for hydroxylation is 2. The average Bonchev–Trinajstić information content (AvgIpc) is 2.36. The number of hydrogen-bond acceptors (Lipinski definition) is 2. The van der Waals surface area contributed by atoms with Gasteiger partial charge in [0.15, 0.2) is 0 Å². The lowest BCUT2D eigenvalue weighted by Gasteiger charge is -2.16. The molecular formula is C14H20N2O. The second kappa shape index (κ2) is 5.82. The van der Waals surface area contributed by atoms with Crippen LogP contribution in [0.1, 0.15) is 36.8 Å². The standard InChI is InChI=1S/C14H20N2O/c15-9-3-6-14(17)16-13-8-7-11-4-1-2-5-12(11)10-13/h7-8,10H,1-6,9,15H2,(H,16,17). The monoisotopic (exact) mass is 232 g/mol. The van der Waals surface area contributed by atoms with E-state index in [2.05, 4.69) is 17.4 Å². The highest BCUT2D eigenvalue weighted by atomic mass is 16.1. The van der Waals surface area contributed by atoms with E-state index >= 15 is 0 Å². The van der Waals surface area contributed by atoms with Crippen molar-refractivity contribution in [2.45, 2.75) is 38.5 Å². The van der Waals surface area contributed by atoms with Crippen molar-refractivity contribution in [3.05, 3.63) is 29.3 Å². The molecule has 0 spiro atoms. The van der Waals surface area contributed by atoms with Crippen molar-refractivity contribution < 1.29 is 4.79 Å². The van der Waals surface area contributed by atoms with Crippen LogP contribution in [-0.2, 0) is 17.6 Å². The molecule has 0 saturated carbocycles. The molecule has 1 aromatic rings. The van der Waals surface area contributed by atoms with E-state index in [-0.39, 0.29) is 5.91 Å². The van der Waals surface area contributed by atoms with Crippen molar-refractivity contribution >= 4 is 11.6 Å². The van der Waals surface area contributed by atoms with Crippen molar-refractivity contribution in [1.29, 1.82) is 0 Å². The van der Waals surface area contributed by atoms with E-state index in [0.717, 1.165) is 18.5 Å². The van der Waals surface area contributed by atoms with Gasteiger partial charge in [-0.3, -0.25) is 4.79 Å². The zero-order chi connectivity index (χ0) is 12.1. The van der Waals surface area contributed by atoms with Gasteiger partial charge in [0.1, 0.15) is 0 Å². The maximum atomic E-state index is 11.6. The fourth-order valence-electron chi connectivity index (χ4n) is 2.30. The molecule has 17 heavy (non-hydrogen) atoms. The van der Waals surface area contributed by atoms with Crippen molar-refractivity contribution in [1.82, 2.24) is 0 Å². The summed E-state index contributed by atoms with van der Waals surface area (Å²) in [5, 5.41) is 2.93. The maximum Gasteiger partial charge on any atom is 0.224 e. The Hall–Kier alpha value is -1.35. The summed E-state index contributed by atoms with van der Waals surface area (Å²) in [5.41, 5.74) is 9.14. The van der Waals surface area contributed by atoms with Gasteiger partial charge in [0.05, 0.1) is 0 Å². The Morgan fingerprint density at radius 2 is 2.00 bits per heavy atom. The van der Waals surface area contributed by atoms with Crippen LogP contribution >= 0.6 is 0 Å². The van der Waals surface area contributed by atoms with Crippen LogP contribution in [0.4, 0.5) is 5.69 Å². The van der Waals surface area contributed by atoms with Gasteiger partial charge in [0.2, 0.25) is 5.91 Å². The summed E-state index contributed by atoms with van der Waals surface area (Å²) in [6.45, 7) is 0.567. The summed E-state index contributed by atoms with van der Waals surface area (Å²) in [4.78, 5) is 11.6. The number of carbonyl (C=O) groups is 1. The van der Waals surface area contributed by atoms with Crippen LogP contribution in [0.15, 0.2) is 18.2 Å². The summed E-state index contributed by atoms with van der Waals surface area (Å²) in [6.07, 6.45) is 6.12. The van der Waals surface area contributed by atoms with E-state index < -0.39 is 0 Å². The van der Waals surface area contributed by atoms with Crippen molar-refractivity contribution in [3.63, 3.8) is 0 Å².